The third kappa shape index (κ3) is 4.14. The minimum absolute atomic E-state index is 0.300. The number of ether oxygens (including phenoxy) is 2. The number of nitrogens with two attached hydrogens (primary N) is 1. The first-order valence-electron chi connectivity index (χ1n) is 6.86. The van der Waals surface area contributed by atoms with Crippen LogP contribution in [-0.4, -0.2) is 30.3 Å². The van der Waals surface area contributed by atoms with E-state index in [0.717, 1.165) is 23.8 Å². The van der Waals surface area contributed by atoms with Gasteiger partial charge in [0, 0.05) is 11.3 Å². The molecule has 3 N–H and O–H groups in total. The minimum atomic E-state index is -0.300. The fraction of sp³-hybridized carbons (Fsp3) is 0.333. The highest BCUT2D eigenvalue weighted by molar-refractivity contribution is 8.01. The lowest BCUT2D eigenvalue weighted by Crippen LogP contribution is -2.85. The van der Waals surface area contributed by atoms with Crippen LogP contribution in [0.15, 0.2) is 39.9 Å². The Morgan fingerprint density at radius 3 is 3.05 bits per heavy atom. The van der Waals surface area contributed by atoms with Crippen molar-refractivity contribution in [2.24, 2.45) is 0 Å². The van der Waals surface area contributed by atoms with Gasteiger partial charge in [-0.25, -0.2) is 0 Å². The zero-order valence-corrected chi connectivity index (χ0v) is 13.2. The van der Waals surface area contributed by atoms with Gasteiger partial charge in [-0.1, -0.05) is 6.07 Å². The number of fused-ring (bicyclic) bond motifs is 1. The van der Waals surface area contributed by atoms with E-state index in [1.807, 2.05) is 24.3 Å². The van der Waals surface area contributed by atoms with Gasteiger partial charge < -0.3 is 19.9 Å². The average molecular weight is 324 g/mol. The number of thioether (sulfide) groups is 1. The van der Waals surface area contributed by atoms with Gasteiger partial charge in [-0.05, 0) is 29.6 Å². The molecule has 4 nitrogen and oxygen atoms in total. The number of quaternary nitrogens is 1. The van der Waals surface area contributed by atoms with Crippen molar-refractivity contribution >= 4 is 23.1 Å². The van der Waals surface area contributed by atoms with Crippen LogP contribution >= 0.6 is 23.1 Å². The lowest BCUT2D eigenvalue weighted by atomic mass is 10.2. The molecular formula is C15H18NO3S2+. The number of aliphatic hydroxyl groups excluding tert-OH is 1. The summed E-state index contributed by atoms with van der Waals surface area (Å²) in [6.45, 7) is 1.84. The maximum Gasteiger partial charge on any atom is 0.231 e. The van der Waals surface area contributed by atoms with Gasteiger partial charge in [-0.15, -0.1) is 23.1 Å². The Balaban J connectivity index is 1.39. The molecule has 0 unspecified atom stereocenters. The molecule has 1 aliphatic rings. The Bertz CT molecular complexity index is 574. The van der Waals surface area contributed by atoms with Crippen LogP contribution in [0.25, 0.3) is 0 Å². The average Bonchev–Trinajstić information content (AvgIpc) is 3.16. The molecule has 1 aromatic carbocycles. The molecular weight excluding hydrogens is 306 g/mol. The second-order valence-corrected chi connectivity index (χ2v) is 7.08. The van der Waals surface area contributed by atoms with Crippen molar-refractivity contribution in [1.29, 1.82) is 0 Å². The predicted octanol–water partition coefficient (Wildman–Crippen LogP) is 1.69. The first-order valence-corrected chi connectivity index (χ1v) is 8.72. The summed E-state index contributed by atoms with van der Waals surface area (Å²) >= 11 is 3.42. The van der Waals surface area contributed by atoms with Gasteiger partial charge in [0.15, 0.2) is 11.5 Å². The summed E-state index contributed by atoms with van der Waals surface area (Å²) in [4.78, 5) is 0. The van der Waals surface area contributed by atoms with Crippen molar-refractivity contribution in [3.8, 4) is 11.5 Å². The number of hydrogen-bond donors (Lipinski definition) is 2. The van der Waals surface area contributed by atoms with Crippen molar-refractivity contribution in [1.82, 2.24) is 0 Å². The van der Waals surface area contributed by atoms with E-state index in [1.165, 1.54) is 9.77 Å². The number of aliphatic hydroxyl groups is 1. The van der Waals surface area contributed by atoms with E-state index < -0.39 is 0 Å². The van der Waals surface area contributed by atoms with Crippen LogP contribution in [-0.2, 0) is 6.54 Å². The molecule has 1 aromatic heterocycles. The van der Waals surface area contributed by atoms with Crippen LogP contribution in [0.2, 0.25) is 0 Å². The lowest BCUT2D eigenvalue weighted by molar-refractivity contribution is -0.675. The molecule has 0 bridgehead atoms. The monoisotopic (exact) mass is 324 g/mol. The van der Waals surface area contributed by atoms with E-state index in [-0.39, 0.29) is 6.10 Å². The highest BCUT2D eigenvalue weighted by Gasteiger charge is 2.14. The fourth-order valence-corrected chi connectivity index (χ4v) is 3.86. The van der Waals surface area contributed by atoms with Gasteiger partial charge in [-0.2, -0.15) is 0 Å². The Kier molecular flexibility index (Phi) is 5.03. The number of benzene rings is 1. The first kappa shape index (κ1) is 14.7. The maximum absolute atomic E-state index is 9.99. The van der Waals surface area contributed by atoms with Crippen molar-refractivity contribution in [3.05, 3.63) is 41.3 Å². The van der Waals surface area contributed by atoms with E-state index in [1.54, 1.807) is 23.1 Å². The predicted molar refractivity (Wildman–Crippen MR) is 84.1 cm³/mol. The second-order valence-electron chi connectivity index (χ2n) is 4.81. The topological polar surface area (TPSA) is 55.3 Å². The van der Waals surface area contributed by atoms with Crippen LogP contribution in [0.5, 0.6) is 11.5 Å². The summed E-state index contributed by atoms with van der Waals surface area (Å²) in [7, 11) is 0. The van der Waals surface area contributed by atoms with E-state index in [2.05, 4.69) is 16.8 Å². The van der Waals surface area contributed by atoms with Crippen LogP contribution in [0.3, 0.4) is 0 Å². The second kappa shape index (κ2) is 7.17. The molecule has 112 valence electrons. The molecule has 0 aliphatic carbocycles. The van der Waals surface area contributed by atoms with Crippen LogP contribution in [0.4, 0.5) is 0 Å². The van der Waals surface area contributed by atoms with Crippen LogP contribution < -0.4 is 14.8 Å². The summed E-state index contributed by atoms with van der Waals surface area (Å²) in [5.41, 5.74) is 1.18. The first-order chi connectivity index (χ1) is 10.3. The Morgan fingerprint density at radius 1 is 1.29 bits per heavy atom. The van der Waals surface area contributed by atoms with Crippen molar-refractivity contribution < 1.29 is 19.9 Å². The number of rotatable bonds is 7. The van der Waals surface area contributed by atoms with Gasteiger partial charge in [0.1, 0.15) is 19.2 Å². The van der Waals surface area contributed by atoms with Crippen molar-refractivity contribution in [2.75, 3.05) is 19.1 Å². The minimum Gasteiger partial charge on any atom is -0.454 e. The zero-order valence-electron chi connectivity index (χ0n) is 11.5. The molecule has 0 saturated carbocycles. The Morgan fingerprint density at radius 2 is 2.19 bits per heavy atom. The normalized spacial score (nSPS) is 14.3. The summed E-state index contributed by atoms with van der Waals surface area (Å²) < 4.78 is 11.9. The van der Waals surface area contributed by atoms with E-state index in [0.29, 0.717) is 13.3 Å². The van der Waals surface area contributed by atoms with Gasteiger partial charge >= 0.3 is 0 Å². The largest absolute Gasteiger partial charge is 0.454 e. The summed E-state index contributed by atoms with van der Waals surface area (Å²) in [5.74, 6) is 2.36. The van der Waals surface area contributed by atoms with Gasteiger partial charge in [0.2, 0.25) is 6.79 Å². The zero-order chi connectivity index (χ0) is 14.5. The smallest absolute Gasteiger partial charge is 0.231 e. The number of thiophene rings is 1. The molecule has 0 fully saturated rings. The van der Waals surface area contributed by atoms with Crippen LogP contribution in [0, 0.1) is 0 Å². The quantitative estimate of drug-likeness (QED) is 0.761. The lowest BCUT2D eigenvalue weighted by Gasteiger charge is -2.09. The molecule has 0 spiro atoms. The molecule has 3 rings (SSSR count). The van der Waals surface area contributed by atoms with E-state index in [4.69, 9.17) is 9.47 Å². The Labute approximate surface area is 132 Å². The van der Waals surface area contributed by atoms with Gasteiger partial charge in [-0.3, -0.25) is 0 Å². The molecule has 1 atom stereocenters. The number of hydrogen-bond acceptors (Lipinski definition) is 5. The molecule has 2 heterocycles. The molecule has 6 heteroatoms. The van der Waals surface area contributed by atoms with Crippen LogP contribution in [0.1, 0.15) is 5.56 Å². The standard InChI is InChI=1S/C15H17NO3S2/c17-12(9-21-15-2-1-5-20-15)8-16-7-11-3-4-13-14(6-11)19-10-18-13/h1-6,12,16-17H,7-10H2/p+1/t12-/m0/s1. The molecule has 0 radical (unpaired) electrons. The highest BCUT2D eigenvalue weighted by atomic mass is 32.2. The van der Waals surface area contributed by atoms with Gasteiger partial charge in [0.25, 0.3) is 0 Å². The highest BCUT2D eigenvalue weighted by Crippen LogP contribution is 2.32. The third-order valence-electron chi connectivity index (χ3n) is 3.17. The third-order valence-corrected chi connectivity index (χ3v) is 5.44. The molecule has 0 saturated heterocycles. The maximum atomic E-state index is 9.99. The summed E-state index contributed by atoms with van der Waals surface area (Å²) in [5, 5.41) is 14.2. The van der Waals surface area contributed by atoms with Crippen molar-refractivity contribution in [2.45, 2.75) is 16.9 Å². The summed E-state index contributed by atoms with van der Waals surface area (Å²) in [6.07, 6.45) is -0.300. The molecule has 21 heavy (non-hydrogen) atoms. The van der Waals surface area contributed by atoms with Gasteiger partial charge in [0.05, 0.1) is 4.21 Å². The van der Waals surface area contributed by atoms with E-state index in [9.17, 15) is 5.11 Å². The SMILES string of the molecule is O[C@@H](C[NH2+]Cc1ccc2c(c1)OCO2)CSc1cccs1. The summed E-state index contributed by atoms with van der Waals surface area (Å²) in [6, 6.07) is 10.1. The molecule has 1 aliphatic heterocycles. The Hall–Kier alpha value is -1.21. The molecule has 2 aromatic rings. The van der Waals surface area contributed by atoms with Crippen molar-refractivity contribution in [3.63, 3.8) is 0 Å². The molecule has 0 amide bonds. The fourth-order valence-electron chi connectivity index (χ4n) is 2.10. The van der Waals surface area contributed by atoms with E-state index >= 15 is 0 Å².